The summed E-state index contributed by atoms with van der Waals surface area (Å²) in [5, 5.41) is 6.82. The fourth-order valence-electron chi connectivity index (χ4n) is 5.04. The lowest BCUT2D eigenvalue weighted by Gasteiger charge is -2.36. The van der Waals surface area contributed by atoms with Crippen LogP contribution in [0.15, 0.2) is 53.9 Å². The maximum absolute atomic E-state index is 13.2. The number of carbonyl (C=O) groups excluding carboxylic acids is 2. The van der Waals surface area contributed by atoms with Crippen LogP contribution in [-0.4, -0.2) is 37.5 Å². The van der Waals surface area contributed by atoms with Gasteiger partial charge in [0.2, 0.25) is 0 Å². The van der Waals surface area contributed by atoms with Crippen LogP contribution in [0.2, 0.25) is 0 Å². The SMILES string of the molecule is CCCCCC(C)(Cc1ccc(CCC(C)C)cc1)NC(Nc1ccc(OC)cc1OC)=C1C(=O)OC(C)(C)OC1=O. The van der Waals surface area contributed by atoms with Crippen LogP contribution < -0.4 is 20.1 Å². The van der Waals surface area contributed by atoms with E-state index in [-0.39, 0.29) is 11.4 Å². The summed E-state index contributed by atoms with van der Waals surface area (Å²) >= 11 is 0. The number of ether oxygens (including phenoxy) is 4. The molecule has 230 valence electrons. The Kier molecular flexibility index (Phi) is 11.3. The Morgan fingerprint density at radius 2 is 1.60 bits per heavy atom. The Hall–Kier alpha value is -3.68. The van der Waals surface area contributed by atoms with Crippen LogP contribution in [0.4, 0.5) is 5.69 Å². The van der Waals surface area contributed by atoms with Crippen molar-refractivity contribution in [2.24, 2.45) is 5.92 Å². The highest BCUT2D eigenvalue weighted by Crippen LogP contribution is 2.33. The molecule has 1 atom stereocenters. The van der Waals surface area contributed by atoms with Crippen molar-refractivity contribution in [2.75, 3.05) is 19.5 Å². The van der Waals surface area contributed by atoms with Gasteiger partial charge in [0.1, 0.15) is 17.3 Å². The summed E-state index contributed by atoms with van der Waals surface area (Å²) in [6.07, 6.45) is 6.80. The first-order valence-corrected chi connectivity index (χ1v) is 14.9. The van der Waals surface area contributed by atoms with E-state index in [0.717, 1.165) is 44.1 Å². The van der Waals surface area contributed by atoms with Crippen molar-refractivity contribution >= 4 is 17.6 Å². The lowest BCUT2D eigenvalue weighted by molar-refractivity contribution is -0.222. The number of aryl methyl sites for hydroxylation is 1. The molecule has 0 radical (unpaired) electrons. The number of benzene rings is 2. The zero-order valence-electron chi connectivity index (χ0n) is 26.5. The zero-order valence-corrected chi connectivity index (χ0v) is 26.5. The molecule has 1 aliphatic rings. The van der Waals surface area contributed by atoms with Crippen molar-refractivity contribution in [3.8, 4) is 11.5 Å². The second-order valence-corrected chi connectivity index (χ2v) is 12.2. The number of hydrogen-bond donors (Lipinski definition) is 2. The second kappa shape index (κ2) is 14.5. The number of anilines is 1. The molecule has 1 heterocycles. The molecule has 2 aromatic carbocycles. The van der Waals surface area contributed by atoms with Gasteiger partial charge in [-0.25, -0.2) is 9.59 Å². The standard InChI is InChI=1S/C34H48N2O6/c1-9-10-11-20-34(6,22-25-16-14-24(15-17-25)13-12-23(2)3)36-30(29-31(37)41-33(4,5)42-32(29)38)35-27-19-18-26(39-7)21-28(27)40-8/h14-19,21,23,35-36H,9-13,20,22H2,1-8H3. The molecule has 3 rings (SSSR count). The summed E-state index contributed by atoms with van der Waals surface area (Å²) in [5.41, 5.74) is 2.29. The summed E-state index contributed by atoms with van der Waals surface area (Å²) in [5.74, 6) is -0.925. The maximum atomic E-state index is 13.2. The highest BCUT2D eigenvalue weighted by molar-refractivity contribution is 6.16. The lowest BCUT2D eigenvalue weighted by Crippen LogP contribution is -2.49. The summed E-state index contributed by atoms with van der Waals surface area (Å²) in [4.78, 5) is 26.5. The molecule has 0 aromatic heterocycles. The molecule has 0 amide bonds. The van der Waals surface area contributed by atoms with Gasteiger partial charge < -0.3 is 29.6 Å². The lowest BCUT2D eigenvalue weighted by atomic mass is 9.86. The topological polar surface area (TPSA) is 95.1 Å². The molecular weight excluding hydrogens is 532 g/mol. The quantitative estimate of drug-likeness (QED) is 0.101. The van der Waals surface area contributed by atoms with Crippen LogP contribution in [0.5, 0.6) is 11.5 Å². The number of carbonyl (C=O) groups is 2. The first kappa shape index (κ1) is 32.8. The van der Waals surface area contributed by atoms with Crippen molar-refractivity contribution < 1.29 is 28.5 Å². The third-order valence-corrected chi connectivity index (χ3v) is 7.39. The molecule has 1 saturated heterocycles. The minimum atomic E-state index is -1.36. The molecule has 8 heteroatoms. The number of unbranched alkanes of at least 4 members (excludes halogenated alkanes) is 2. The minimum absolute atomic E-state index is 0.205. The third-order valence-electron chi connectivity index (χ3n) is 7.39. The number of esters is 2. The van der Waals surface area contributed by atoms with Crippen molar-refractivity contribution in [3.63, 3.8) is 0 Å². The molecule has 0 aliphatic carbocycles. The molecular formula is C34H48N2O6. The second-order valence-electron chi connectivity index (χ2n) is 12.2. The predicted molar refractivity (Wildman–Crippen MR) is 165 cm³/mol. The van der Waals surface area contributed by atoms with Crippen molar-refractivity contribution in [2.45, 2.75) is 97.8 Å². The number of methoxy groups -OCH3 is 2. The van der Waals surface area contributed by atoms with E-state index in [1.54, 1.807) is 32.4 Å². The summed E-state index contributed by atoms with van der Waals surface area (Å²) in [6.45, 7) is 11.8. The first-order valence-electron chi connectivity index (χ1n) is 14.9. The smallest absolute Gasteiger partial charge is 0.352 e. The van der Waals surface area contributed by atoms with Gasteiger partial charge in [0, 0.05) is 25.5 Å². The van der Waals surface area contributed by atoms with Crippen LogP contribution >= 0.6 is 0 Å². The van der Waals surface area contributed by atoms with Crippen LogP contribution in [0.3, 0.4) is 0 Å². The Morgan fingerprint density at radius 1 is 0.952 bits per heavy atom. The van der Waals surface area contributed by atoms with Crippen molar-refractivity contribution in [1.29, 1.82) is 0 Å². The van der Waals surface area contributed by atoms with Gasteiger partial charge in [-0.15, -0.1) is 0 Å². The zero-order chi connectivity index (χ0) is 30.9. The number of nitrogens with one attached hydrogen (secondary N) is 2. The van der Waals surface area contributed by atoms with Gasteiger partial charge in [0.15, 0.2) is 5.57 Å². The molecule has 1 unspecified atom stereocenters. The molecule has 8 nitrogen and oxygen atoms in total. The Morgan fingerprint density at radius 3 is 2.17 bits per heavy atom. The van der Waals surface area contributed by atoms with E-state index in [9.17, 15) is 9.59 Å². The number of hydrogen-bond acceptors (Lipinski definition) is 8. The van der Waals surface area contributed by atoms with Gasteiger partial charge in [-0.05, 0) is 61.8 Å². The molecule has 42 heavy (non-hydrogen) atoms. The highest BCUT2D eigenvalue weighted by atomic mass is 16.7. The normalized spacial score (nSPS) is 15.9. The fourth-order valence-corrected chi connectivity index (χ4v) is 5.04. The third kappa shape index (κ3) is 9.16. The average molecular weight is 581 g/mol. The van der Waals surface area contributed by atoms with E-state index in [1.165, 1.54) is 19.4 Å². The Balaban J connectivity index is 2.02. The molecule has 0 spiro atoms. The largest absolute Gasteiger partial charge is 0.497 e. The van der Waals surface area contributed by atoms with E-state index in [1.807, 2.05) is 0 Å². The summed E-state index contributed by atoms with van der Waals surface area (Å²) in [7, 11) is 3.12. The van der Waals surface area contributed by atoms with Gasteiger partial charge in [0.25, 0.3) is 5.79 Å². The Bertz CT molecular complexity index is 1230. The van der Waals surface area contributed by atoms with Gasteiger partial charge >= 0.3 is 11.9 Å². The summed E-state index contributed by atoms with van der Waals surface area (Å²) in [6, 6.07) is 14.0. The van der Waals surface area contributed by atoms with Crippen molar-refractivity contribution in [1.82, 2.24) is 5.32 Å². The fraction of sp³-hybridized carbons (Fsp3) is 0.529. The Labute approximate surface area is 251 Å². The molecule has 0 bridgehead atoms. The minimum Gasteiger partial charge on any atom is -0.497 e. The van der Waals surface area contributed by atoms with E-state index < -0.39 is 23.3 Å². The predicted octanol–water partition coefficient (Wildman–Crippen LogP) is 6.92. The van der Waals surface area contributed by atoms with Crippen molar-refractivity contribution in [3.05, 3.63) is 65.0 Å². The molecule has 2 N–H and O–H groups in total. The van der Waals surface area contributed by atoms with Crippen LogP contribution in [0.1, 0.15) is 84.8 Å². The van der Waals surface area contributed by atoms with Gasteiger partial charge in [-0.1, -0.05) is 64.3 Å². The van der Waals surface area contributed by atoms with Crippen LogP contribution in [0.25, 0.3) is 0 Å². The van der Waals surface area contributed by atoms with E-state index >= 15 is 0 Å². The van der Waals surface area contributed by atoms with E-state index in [2.05, 4.69) is 62.6 Å². The van der Waals surface area contributed by atoms with Gasteiger partial charge in [-0.2, -0.15) is 0 Å². The summed E-state index contributed by atoms with van der Waals surface area (Å²) < 4.78 is 21.9. The highest BCUT2D eigenvalue weighted by Gasteiger charge is 2.42. The first-order chi connectivity index (χ1) is 19.9. The maximum Gasteiger partial charge on any atom is 0.352 e. The van der Waals surface area contributed by atoms with Gasteiger partial charge in [0.05, 0.1) is 19.9 Å². The monoisotopic (exact) mass is 580 g/mol. The molecule has 1 aliphatic heterocycles. The number of cyclic esters (lactones) is 2. The van der Waals surface area contributed by atoms with Crippen LogP contribution in [-0.2, 0) is 31.9 Å². The van der Waals surface area contributed by atoms with Crippen LogP contribution in [0, 0.1) is 5.92 Å². The molecule has 1 fully saturated rings. The average Bonchev–Trinajstić information content (AvgIpc) is 2.91. The molecule has 0 saturated carbocycles. The van der Waals surface area contributed by atoms with E-state index in [0.29, 0.717) is 29.5 Å². The van der Waals surface area contributed by atoms with Gasteiger partial charge in [-0.3, -0.25) is 0 Å². The van der Waals surface area contributed by atoms with E-state index in [4.69, 9.17) is 18.9 Å². The number of rotatable bonds is 15. The molecule has 2 aromatic rings.